The molecule has 2 N–H and O–H groups in total. The number of rotatable bonds is 7. The molecule has 0 radical (unpaired) electrons. The molecule has 0 aliphatic rings. The molecule has 0 aliphatic heterocycles. The van der Waals surface area contributed by atoms with Crippen molar-refractivity contribution in [3.05, 3.63) is 82.6 Å². The molecule has 0 unspecified atom stereocenters. The van der Waals surface area contributed by atoms with E-state index < -0.39 is 12.4 Å². The Morgan fingerprint density at radius 1 is 1.03 bits per heavy atom. The van der Waals surface area contributed by atoms with Gasteiger partial charge in [-0.2, -0.15) is 8.78 Å². The minimum atomic E-state index is -2.97. The second-order valence-electron chi connectivity index (χ2n) is 6.84. The Morgan fingerprint density at radius 2 is 1.76 bits per heavy atom. The van der Waals surface area contributed by atoms with Gasteiger partial charge in [0.05, 0.1) is 22.3 Å². The number of carbonyl (C=O) groups is 1. The number of aromatic hydroxyl groups is 2. The number of ketones is 1. The van der Waals surface area contributed by atoms with Gasteiger partial charge in [0.15, 0.2) is 22.4 Å². The second kappa shape index (κ2) is 9.29. The highest BCUT2D eigenvalue weighted by Crippen LogP contribution is 2.27. The minimum absolute atomic E-state index is 0.0629. The summed E-state index contributed by atoms with van der Waals surface area (Å²) in [4.78, 5) is 30.3. The van der Waals surface area contributed by atoms with E-state index in [2.05, 4.69) is 9.72 Å². The molecule has 4 aromatic rings. The van der Waals surface area contributed by atoms with Crippen LogP contribution >= 0.6 is 11.8 Å². The average Bonchev–Trinajstić information content (AvgIpc) is 2.80. The van der Waals surface area contributed by atoms with Crippen molar-refractivity contribution in [2.24, 2.45) is 0 Å². The number of thioether (sulfide) groups is 1. The lowest BCUT2D eigenvalue weighted by molar-refractivity contribution is -0.0498. The molecule has 0 spiro atoms. The van der Waals surface area contributed by atoms with E-state index in [-0.39, 0.29) is 39.3 Å². The number of phenols is 2. The molecule has 33 heavy (non-hydrogen) atoms. The number of benzene rings is 3. The van der Waals surface area contributed by atoms with Gasteiger partial charge in [0, 0.05) is 5.56 Å². The van der Waals surface area contributed by atoms with Crippen molar-refractivity contribution < 1.29 is 28.5 Å². The lowest BCUT2D eigenvalue weighted by Crippen LogP contribution is -2.22. The van der Waals surface area contributed by atoms with Gasteiger partial charge in [0.1, 0.15) is 5.75 Å². The zero-order valence-corrected chi connectivity index (χ0v) is 17.6. The van der Waals surface area contributed by atoms with Crippen molar-refractivity contribution in [2.75, 3.05) is 5.75 Å². The van der Waals surface area contributed by atoms with Gasteiger partial charge in [0.2, 0.25) is 0 Å². The normalized spacial score (nSPS) is 11.1. The third-order valence-electron chi connectivity index (χ3n) is 4.69. The summed E-state index contributed by atoms with van der Waals surface area (Å²) in [6.45, 7) is -2.97. The van der Waals surface area contributed by atoms with Crippen molar-refractivity contribution in [1.82, 2.24) is 9.55 Å². The van der Waals surface area contributed by atoms with Gasteiger partial charge in [-0.1, -0.05) is 23.9 Å². The maximum absolute atomic E-state index is 13.2. The second-order valence-corrected chi connectivity index (χ2v) is 7.78. The summed E-state index contributed by atoms with van der Waals surface area (Å²) in [6.07, 6.45) is 0. The molecule has 0 amide bonds. The predicted octanol–water partition coefficient (Wildman–Crippen LogP) is 4.37. The van der Waals surface area contributed by atoms with Crippen LogP contribution in [-0.4, -0.2) is 37.9 Å². The van der Waals surface area contributed by atoms with Gasteiger partial charge in [-0.25, -0.2) is 4.98 Å². The molecule has 1 heterocycles. The van der Waals surface area contributed by atoms with E-state index in [1.165, 1.54) is 41.0 Å². The van der Waals surface area contributed by atoms with Gasteiger partial charge in [-0.05, 0) is 54.6 Å². The fourth-order valence-corrected chi connectivity index (χ4v) is 4.03. The SMILES string of the molecule is O=C(CSc1nc2ccccc2c(=O)n1-c1ccc(OC(F)F)cc1)c1ccc(O)c(O)c1. The summed E-state index contributed by atoms with van der Waals surface area (Å²) in [5.74, 6) is -1.29. The van der Waals surface area contributed by atoms with E-state index in [1.807, 2.05) is 0 Å². The number of alkyl halides is 2. The highest BCUT2D eigenvalue weighted by Gasteiger charge is 2.16. The Hall–Kier alpha value is -3.92. The standard InChI is InChI=1S/C23H16F2N2O5S/c24-22(25)32-15-8-6-14(7-9-15)27-21(31)16-3-1-2-4-17(16)26-23(27)33-12-20(30)13-5-10-18(28)19(29)11-13/h1-11,22,28-29H,12H2. The van der Waals surface area contributed by atoms with Gasteiger partial charge >= 0.3 is 6.61 Å². The molecule has 3 aromatic carbocycles. The number of carbonyl (C=O) groups excluding carboxylic acids is 1. The molecule has 0 fully saturated rings. The van der Waals surface area contributed by atoms with Gasteiger partial charge < -0.3 is 14.9 Å². The molecule has 0 aliphatic carbocycles. The topological polar surface area (TPSA) is 102 Å². The molecule has 0 atom stereocenters. The Morgan fingerprint density at radius 3 is 2.45 bits per heavy atom. The number of hydrogen-bond donors (Lipinski definition) is 2. The van der Waals surface area contributed by atoms with E-state index in [0.717, 1.165) is 17.8 Å². The highest BCUT2D eigenvalue weighted by atomic mass is 32.2. The van der Waals surface area contributed by atoms with Crippen LogP contribution in [-0.2, 0) is 0 Å². The Bertz CT molecular complexity index is 1390. The Kier molecular flexibility index (Phi) is 6.27. The van der Waals surface area contributed by atoms with Crippen LogP contribution in [0, 0.1) is 0 Å². The van der Waals surface area contributed by atoms with E-state index in [0.29, 0.717) is 16.6 Å². The fourth-order valence-electron chi connectivity index (χ4n) is 3.12. The van der Waals surface area contributed by atoms with Gasteiger partial charge in [0.25, 0.3) is 5.56 Å². The van der Waals surface area contributed by atoms with Gasteiger partial charge in [-0.15, -0.1) is 0 Å². The molecular formula is C23H16F2N2O5S. The first-order chi connectivity index (χ1) is 15.8. The quantitative estimate of drug-likeness (QED) is 0.179. The summed E-state index contributed by atoms with van der Waals surface area (Å²) >= 11 is 1.01. The largest absolute Gasteiger partial charge is 0.504 e. The average molecular weight is 470 g/mol. The maximum Gasteiger partial charge on any atom is 0.387 e. The number of phenolic OH excluding ortho intramolecular Hbond substituents is 2. The summed E-state index contributed by atoms with van der Waals surface area (Å²) in [6, 6.07) is 16.0. The first-order valence-electron chi connectivity index (χ1n) is 9.58. The van der Waals surface area contributed by atoms with E-state index in [1.54, 1.807) is 24.3 Å². The molecule has 10 heteroatoms. The molecule has 0 saturated heterocycles. The minimum Gasteiger partial charge on any atom is -0.504 e. The Balaban J connectivity index is 1.71. The maximum atomic E-state index is 13.2. The predicted molar refractivity (Wildman–Crippen MR) is 119 cm³/mol. The van der Waals surface area contributed by atoms with Crippen LogP contribution in [0.25, 0.3) is 16.6 Å². The lowest BCUT2D eigenvalue weighted by atomic mass is 10.1. The van der Waals surface area contributed by atoms with Crippen molar-refractivity contribution in [3.8, 4) is 22.9 Å². The molecule has 4 rings (SSSR count). The molecule has 0 bridgehead atoms. The zero-order valence-electron chi connectivity index (χ0n) is 16.8. The van der Waals surface area contributed by atoms with Crippen LogP contribution in [0.3, 0.4) is 0 Å². The van der Waals surface area contributed by atoms with Crippen LogP contribution in [0.15, 0.2) is 76.7 Å². The summed E-state index contributed by atoms with van der Waals surface area (Å²) in [5, 5.41) is 19.6. The Labute approximate surface area is 189 Å². The summed E-state index contributed by atoms with van der Waals surface area (Å²) in [5.41, 5.74) is 0.590. The zero-order chi connectivity index (χ0) is 23.5. The number of para-hydroxylation sites is 1. The molecular weight excluding hydrogens is 454 g/mol. The van der Waals surface area contributed by atoms with E-state index in [4.69, 9.17) is 0 Å². The van der Waals surface area contributed by atoms with Crippen LogP contribution in [0.2, 0.25) is 0 Å². The van der Waals surface area contributed by atoms with Crippen molar-refractivity contribution in [3.63, 3.8) is 0 Å². The van der Waals surface area contributed by atoms with Crippen LogP contribution in [0.5, 0.6) is 17.2 Å². The van der Waals surface area contributed by atoms with Crippen molar-refractivity contribution >= 4 is 28.4 Å². The highest BCUT2D eigenvalue weighted by molar-refractivity contribution is 7.99. The van der Waals surface area contributed by atoms with Crippen LogP contribution < -0.4 is 10.3 Å². The number of Topliss-reactive ketones (excluding diaryl/α,β-unsaturated/α-hetero) is 1. The molecule has 168 valence electrons. The molecule has 0 saturated carbocycles. The number of nitrogens with zero attached hydrogens (tertiary/aromatic N) is 2. The first-order valence-corrected chi connectivity index (χ1v) is 10.6. The molecule has 1 aromatic heterocycles. The van der Waals surface area contributed by atoms with Gasteiger partial charge in [-0.3, -0.25) is 14.2 Å². The number of aromatic nitrogens is 2. The van der Waals surface area contributed by atoms with E-state index >= 15 is 0 Å². The van der Waals surface area contributed by atoms with Crippen LogP contribution in [0.1, 0.15) is 10.4 Å². The smallest absolute Gasteiger partial charge is 0.387 e. The summed E-state index contributed by atoms with van der Waals surface area (Å²) in [7, 11) is 0. The first kappa shape index (κ1) is 22.3. The number of ether oxygens (including phenoxy) is 1. The number of halogens is 2. The van der Waals surface area contributed by atoms with Crippen molar-refractivity contribution in [2.45, 2.75) is 11.8 Å². The fraction of sp³-hybridized carbons (Fsp3) is 0.0870. The third kappa shape index (κ3) is 4.80. The van der Waals surface area contributed by atoms with Crippen molar-refractivity contribution in [1.29, 1.82) is 0 Å². The van der Waals surface area contributed by atoms with Crippen LogP contribution in [0.4, 0.5) is 8.78 Å². The third-order valence-corrected chi connectivity index (χ3v) is 5.63. The van der Waals surface area contributed by atoms with E-state index in [9.17, 15) is 28.6 Å². The number of hydrogen-bond acceptors (Lipinski definition) is 7. The number of fused-ring (bicyclic) bond motifs is 1. The monoisotopic (exact) mass is 470 g/mol. The lowest BCUT2D eigenvalue weighted by Gasteiger charge is -2.14. The molecule has 7 nitrogen and oxygen atoms in total. The summed E-state index contributed by atoms with van der Waals surface area (Å²) < 4.78 is 30.6.